The highest BCUT2D eigenvalue weighted by molar-refractivity contribution is 6.02. The van der Waals surface area contributed by atoms with E-state index in [0.29, 0.717) is 12.1 Å². The molecule has 2 aromatic carbocycles. The number of rotatable bonds is 2. The van der Waals surface area contributed by atoms with E-state index >= 15 is 0 Å². The lowest BCUT2D eigenvalue weighted by molar-refractivity contribution is 0.235. The van der Waals surface area contributed by atoms with E-state index in [0.717, 1.165) is 13.0 Å². The Labute approximate surface area is 155 Å². The maximum atomic E-state index is 5.14. The van der Waals surface area contributed by atoms with E-state index in [-0.39, 0.29) is 5.41 Å². The van der Waals surface area contributed by atoms with E-state index in [4.69, 9.17) is 4.99 Å². The molecule has 2 bridgehead atoms. The van der Waals surface area contributed by atoms with Crippen molar-refractivity contribution in [1.29, 1.82) is 0 Å². The van der Waals surface area contributed by atoms with Crippen LogP contribution in [0.25, 0.3) is 0 Å². The summed E-state index contributed by atoms with van der Waals surface area (Å²) in [6.45, 7) is 2.91. The van der Waals surface area contributed by atoms with E-state index in [1.807, 2.05) is 0 Å². The van der Waals surface area contributed by atoms with E-state index in [2.05, 4.69) is 66.1 Å². The van der Waals surface area contributed by atoms with Crippen molar-refractivity contribution in [1.82, 2.24) is 5.32 Å². The summed E-state index contributed by atoms with van der Waals surface area (Å²) >= 11 is 0. The highest BCUT2D eigenvalue weighted by Gasteiger charge is 2.48. The van der Waals surface area contributed by atoms with Gasteiger partial charge < -0.3 is 10.6 Å². The van der Waals surface area contributed by atoms with Gasteiger partial charge in [-0.25, -0.2) is 0 Å². The van der Waals surface area contributed by atoms with Gasteiger partial charge in [0.2, 0.25) is 0 Å². The average Bonchev–Trinajstić information content (AvgIpc) is 2.99. The first kappa shape index (κ1) is 16.1. The first-order chi connectivity index (χ1) is 12.7. The van der Waals surface area contributed by atoms with Crippen molar-refractivity contribution < 1.29 is 0 Å². The number of benzene rings is 2. The molecule has 3 heteroatoms. The fourth-order valence-electron chi connectivity index (χ4n) is 5.28. The highest BCUT2D eigenvalue weighted by Crippen LogP contribution is 2.47. The number of piperidine rings is 1. The summed E-state index contributed by atoms with van der Waals surface area (Å²) in [5, 5.41) is 7.54. The summed E-state index contributed by atoms with van der Waals surface area (Å²) in [6.07, 6.45) is 6.17. The van der Waals surface area contributed by atoms with Crippen LogP contribution in [-0.4, -0.2) is 17.9 Å². The molecule has 0 aromatic heterocycles. The van der Waals surface area contributed by atoms with E-state index in [9.17, 15) is 0 Å². The molecule has 134 valence electrons. The molecule has 0 amide bonds. The van der Waals surface area contributed by atoms with Crippen LogP contribution in [0, 0.1) is 12.3 Å². The molecule has 2 saturated heterocycles. The molecule has 3 nitrogen and oxygen atoms in total. The van der Waals surface area contributed by atoms with Crippen LogP contribution in [0.5, 0.6) is 0 Å². The molecular formula is C23H27N3. The monoisotopic (exact) mass is 345 g/mol. The number of nitrogens with one attached hydrogen (secondary N) is 2. The van der Waals surface area contributed by atoms with E-state index < -0.39 is 0 Å². The van der Waals surface area contributed by atoms with Gasteiger partial charge in [0.25, 0.3) is 0 Å². The Morgan fingerprint density at radius 1 is 1.04 bits per heavy atom. The standard InChI is InChI=1S/C23H27N3/c1-16-5-4-6-17(11-16)15-24-22-23(13-19-9-10-20(14-23)25-19)12-18-7-2-3-8-21(18)26-22/h2-8,11,19-20,25H,9-10,12-15H2,1H3,(H,24,26). The molecule has 3 heterocycles. The number of amidine groups is 1. The number of aryl methyl sites for hydroxylation is 1. The first-order valence-electron chi connectivity index (χ1n) is 9.92. The van der Waals surface area contributed by atoms with E-state index in [1.165, 1.54) is 53.9 Å². The molecule has 2 atom stereocenters. The smallest absolute Gasteiger partial charge is 0.108 e. The Morgan fingerprint density at radius 2 is 1.85 bits per heavy atom. The summed E-state index contributed by atoms with van der Waals surface area (Å²) in [6, 6.07) is 18.8. The van der Waals surface area contributed by atoms with Crippen LogP contribution in [-0.2, 0) is 13.0 Å². The van der Waals surface area contributed by atoms with Crippen LogP contribution < -0.4 is 10.6 Å². The third-order valence-electron chi connectivity index (χ3n) is 6.41. The number of fused-ring (bicyclic) bond motifs is 3. The van der Waals surface area contributed by atoms with Crippen LogP contribution in [0.4, 0.5) is 5.69 Å². The summed E-state index contributed by atoms with van der Waals surface area (Å²) < 4.78 is 0. The van der Waals surface area contributed by atoms with Gasteiger partial charge in [-0.3, -0.25) is 4.99 Å². The number of aliphatic imine (C=N–C) groups is 1. The van der Waals surface area contributed by atoms with Crippen molar-refractivity contribution >= 4 is 11.5 Å². The Balaban J connectivity index is 1.51. The molecular weight excluding hydrogens is 318 g/mol. The van der Waals surface area contributed by atoms with Gasteiger partial charge in [0.1, 0.15) is 5.84 Å². The second-order valence-corrected chi connectivity index (χ2v) is 8.44. The van der Waals surface area contributed by atoms with Crippen molar-refractivity contribution in [3.8, 4) is 0 Å². The topological polar surface area (TPSA) is 36.4 Å². The van der Waals surface area contributed by atoms with Crippen molar-refractivity contribution in [2.24, 2.45) is 10.4 Å². The molecule has 0 radical (unpaired) electrons. The van der Waals surface area contributed by atoms with Crippen LogP contribution in [0.1, 0.15) is 42.4 Å². The molecule has 2 N–H and O–H groups in total. The normalized spacial score (nSPS) is 31.0. The summed E-state index contributed by atoms with van der Waals surface area (Å²) in [4.78, 5) is 5.14. The van der Waals surface area contributed by atoms with Crippen LogP contribution >= 0.6 is 0 Å². The summed E-state index contributed by atoms with van der Waals surface area (Å²) in [5.41, 5.74) is 5.47. The minimum atomic E-state index is 0.176. The number of nitrogens with zero attached hydrogens (tertiary/aromatic N) is 1. The number of hydrogen-bond acceptors (Lipinski definition) is 2. The third-order valence-corrected chi connectivity index (χ3v) is 6.41. The summed E-state index contributed by atoms with van der Waals surface area (Å²) in [7, 11) is 0. The Kier molecular flexibility index (Phi) is 3.86. The summed E-state index contributed by atoms with van der Waals surface area (Å²) in [5.74, 6) is 1.22. The lowest BCUT2D eigenvalue weighted by Crippen LogP contribution is -2.52. The molecule has 1 spiro atoms. The van der Waals surface area contributed by atoms with Gasteiger partial charge in [-0.05, 0) is 56.2 Å². The zero-order valence-electron chi connectivity index (χ0n) is 15.5. The first-order valence-corrected chi connectivity index (χ1v) is 9.92. The molecule has 2 aromatic rings. The van der Waals surface area contributed by atoms with Crippen LogP contribution in [0.3, 0.4) is 0 Å². The average molecular weight is 345 g/mol. The van der Waals surface area contributed by atoms with Gasteiger partial charge in [-0.1, -0.05) is 48.0 Å². The zero-order chi connectivity index (χ0) is 17.6. The lowest BCUT2D eigenvalue weighted by atomic mass is 9.68. The van der Waals surface area contributed by atoms with Crippen molar-refractivity contribution in [3.05, 3.63) is 65.2 Å². The Hall–Kier alpha value is -2.13. The number of hydrogen-bond donors (Lipinski definition) is 2. The number of para-hydroxylation sites is 1. The Morgan fingerprint density at radius 3 is 2.65 bits per heavy atom. The second kappa shape index (κ2) is 6.24. The predicted octanol–water partition coefficient (Wildman–Crippen LogP) is 4.46. The minimum Gasteiger partial charge on any atom is -0.343 e. The SMILES string of the molecule is Cc1cccc(CN=C2Nc3ccccc3CC23CC2CCC(C3)N2)c1. The third kappa shape index (κ3) is 2.84. The fraction of sp³-hybridized carbons (Fsp3) is 0.435. The second-order valence-electron chi connectivity index (χ2n) is 8.44. The molecule has 0 aliphatic carbocycles. The fourth-order valence-corrected chi connectivity index (χ4v) is 5.28. The molecule has 3 aliphatic heterocycles. The van der Waals surface area contributed by atoms with Crippen LogP contribution in [0.2, 0.25) is 0 Å². The minimum absolute atomic E-state index is 0.176. The maximum Gasteiger partial charge on any atom is 0.108 e. The Bertz CT molecular complexity index is 842. The van der Waals surface area contributed by atoms with Crippen LogP contribution in [0.15, 0.2) is 53.5 Å². The largest absolute Gasteiger partial charge is 0.343 e. The van der Waals surface area contributed by atoms with Crippen molar-refractivity contribution in [3.63, 3.8) is 0 Å². The number of anilines is 1. The maximum absolute atomic E-state index is 5.14. The molecule has 2 unspecified atom stereocenters. The molecule has 2 fully saturated rings. The zero-order valence-corrected chi connectivity index (χ0v) is 15.5. The molecule has 5 rings (SSSR count). The molecule has 26 heavy (non-hydrogen) atoms. The highest BCUT2D eigenvalue weighted by atomic mass is 15.1. The lowest BCUT2D eigenvalue weighted by Gasteiger charge is -2.45. The predicted molar refractivity (Wildman–Crippen MR) is 108 cm³/mol. The van der Waals surface area contributed by atoms with Crippen molar-refractivity contribution in [2.75, 3.05) is 5.32 Å². The van der Waals surface area contributed by atoms with Gasteiger partial charge in [-0.2, -0.15) is 0 Å². The molecule has 3 aliphatic rings. The van der Waals surface area contributed by atoms with Gasteiger partial charge in [0.15, 0.2) is 0 Å². The van der Waals surface area contributed by atoms with Crippen molar-refractivity contribution in [2.45, 2.75) is 57.7 Å². The molecule has 0 saturated carbocycles. The van der Waals surface area contributed by atoms with Gasteiger partial charge >= 0.3 is 0 Å². The van der Waals surface area contributed by atoms with Gasteiger partial charge in [0.05, 0.1) is 6.54 Å². The van der Waals surface area contributed by atoms with Gasteiger partial charge in [-0.15, -0.1) is 0 Å². The van der Waals surface area contributed by atoms with E-state index in [1.54, 1.807) is 0 Å². The van der Waals surface area contributed by atoms with Gasteiger partial charge in [0, 0.05) is 23.2 Å². The quantitative estimate of drug-likeness (QED) is 0.843.